The van der Waals surface area contributed by atoms with Gasteiger partial charge in [-0.15, -0.1) is 0 Å². The lowest BCUT2D eigenvalue weighted by Crippen LogP contribution is -2.39. The largest absolute Gasteiger partial charge is 0.379 e. The number of hydrogen-bond donors (Lipinski definition) is 1. The second kappa shape index (κ2) is 6.56. The van der Waals surface area contributed by atoms with Gasteiger partial charge in [-0.2, -0.15) is 0 Å². The Labute approximate surface area is 140 Å². The number of Topliss-reactive ketones (excluding diaryl/α,β-unsaturated/α-hetero) is 2. The monoisotopic (exact) mass is 350 g/mol. The molecule has 0 saturated carbocycles. The summed E-state index contributed by atoms with van der Waals surface area (Å²) in [5.41, 5.74) is 0.323. The first-order chi connectivity index (χ1) is 11.1. The van der Waals surface area contributed by atoms with Gasteiger partial charge in [-0.1, -0.05) is 24.3 Å². The molecule has 1 aliphatic rings. The third kappa shape index (κ3) is 3.53. The predicted molar refractivity (Wildman–Crippen MR) is 88.3 cm³/mol. The van der Waals surface area contributed by atoms with Crippen LogP contribution in [-0.4, -0.2) is 56.4 Å². The maximum atomic E-state index is 12.7. The molecule has 0 unspecified atom stereocenters. The summed E-state index contributed by atoms with van der Waals surface area (Å²) < 4.78 is 22.5. The molecule has 8 heteroatoms. The topological polar surface area (TPSA) is 101 Å². The molecule has 0 saturated heterocycles. The molecule has 24 heavy (non-hydrogen) atoms. The summed E-state index contributed by atoms with van der Waals surface area (Å²) in [7, 11) is -1.83. The molecule has 0 aromatic heterocycles. The van der Waals surface area contributed by atoms with Gasteiger partial charge in [-0.25, -0.2) is 8.42 Å². The van der Waals surface area contributed by atoms with E-state index in [0.717, 1.165) is 11.2 Å². The van der Waals surface area contributed by atoms with Gasteiger partial charge in [-0.3, -0.25) is 14.4 Å². The minimum Gasteiger partial charge on any atom is -0.379 e. The van der Waals surface area contributed by atoms with Gasteiger partial charge in [0.05, 0.1) is 5.75 Å². The number of amides is 1. The minimum atomic E-state index is -3.23. The van der Waals surface area contributed by atoms with Gasteiger partial charge >= 0.3 is 0 Å². The van der Waals surface area contributed by atoms with Crippen molar-refractivity contribution in [2.45, 2.75) is 6.92 Å². The summed E-state index contributed by atoms with van der Waals surface area (Å²) in [6, 6.07) is 6.32. The first kappa shape index (κ1) is 17.9. The van der Waals surface area contributed by atoms with Crippen LogP contribution in [-0.2, 0) is 14.6 Å². The Balaban J connectivity index is 2.49. The Morgan fingerprint density at radius 1 is 1.12 bits per heavy atom. The Hall–Kier alpha value is -2.48. The van der Waals surface area contributed by atoms with Crippen LogP contribution in [0, 0.1) is 0 Å². The summed E-state index contributed by atoms with van der Waals surface area (Å²) in [6.07, 6.45) is 1.08. The number of nitrogens with zero attached hydrogens (tertiary/aromatic N) is 1. The molecule has 0 spiro atoms. The van der Waals surface area contributed by atoms with E-state index in [1.165, 1.54) is 26.1 Å². The Kier molecular flexibility index (Phi) is 4.88. The van der Waals surface area contributed by atoms with Gasteiger partial charge in [0.25, 0.3) is 0 Å². The van der Waals surface area contributed by atoms with Gasteiger partial charge < -0.3 is 10.2 Å². The summed E-state index contributed by atoms with van der Waals surface area (Å²) in [5, 5.41) is 2.72. The molecule has 0 fully saturated rings. The molecule has 2 rings (SSSR count). The van der Waals surface area contributed by atoms with Gasteiger partial charge in [0.1, 0.15) is 21.2 Å². The molecule has 1 N–H and O–H groups in total. The van der Waals surface area contributed by atoms with E-state index in [2.05, 4.69) is 5.32 Å². The average Bonchev–Trinajstić information content (AvgIpc) is 2.50. The molecule has 7 nitrogen and oxygen atoms in total. The molecular weight excluding hydrogens is 332 g/mol. The zero-order valence-corrected chi connectivity index (χ0v) is 14.4. The predicted octanol–water partition coefficient (Wildman–Crippen LogP) is 0.390. The maximum absolute atomic E-state index is 12.7. The number of sulfone groups is 1. The summed E-state index contributed by atoms with van der Waals surface area (Å²) in [6.45, 7) is 1.24. The minimum absolute atomic E-state index is 0.0371. The van der Waals surface area contributed by atoms with Crippen molar-refractivity contribution in [2.75, 3.05) is 25.6 Å². The number of likely N-dealkylation sites (N-methyl/N-ethyl adjacent to an activating group) is 1. The third-order valence-electron chi connectivity index (χ3n) is 3.68. The molecule has 0 atom stereocenters. The smallest absolute Gasteiger partial charge is 0.223 e. The molecule has 1 aromatic carbocycles. The number of hydrogen-bond acceptors (Lipinski definition) is 6. The molecule has 1 amide bonds. The van der Waals surface area contributed by atoms with E-state index in [0.29, 0.717) is 0 Å². The first-order valence-corrected chi connectivity index (χ1v) is 9.28. The van der Waals surface area contributed by atoms with Crippen LogP contribution in [0.25, 0.3) is 0 Å². The van der Waals surface area contributed by atoms with Crippen molar-refractivity contribution in [2.24, 2.45) is 0 Å². The first-order valence-electron chi connectivity index (χ1n) is 7.22. The van der Waals surface area contributed by atoms with Gasteiger partial charge in [0.2, 0.25) is 17.5 Å². The summed E-state index contributed by atoms with van der Waals surface area (Å²) in [4.78, 5) is 38.2. The van der Waals surface area contributed by atoms with E-state index in [-0.39, 0.29) is 34.8 Å². The lowest BCUT2D eigenvalue weighted by molar-refractivity contribution is -0.125. The van der Waals surface area contributed by atoms with Gasteiger partial charge in [-0.05, 0) is 0 Å². The fourth-order valence-corrected chi connectivity index (χ4v) is 2.84. The van der Waals surface area contributed by atoms with E-state index >= 15 is 0 Å². The van der Waals surface area contributed by atoms with E-state index in [9.17, 15) is 22.8 Å². The molecule has 1 aliphatic carbocycles. The Morgan fingerprint density at radius 2 is 1.67 bits per heavy atom. The second-order valence-corrected chi connectivity index (χ2v) is 7.82. The molecular formula is C16H18N2O5S. The van der Waals surface area contributed by atoms with Gasteiger partial charge in [0, 0.05) is 37.9 Å². The van der Waals surface area contributed by atoms with Crippen LogP contribution in [0.1, 0.15) is 27.6 Å². The van der Waals surface area contributed by atoms with Crippen LogP contribution in [0.4, 0.5) is 0 Å². The molecule has 0 heterocycles. The lowest BCUT2D eigenvalue weighted by Gasteiger charge is -2.26. The number of carbonyl (C=O) groups excluding carboxylic acids is 3. The zero-order chi connectivity index (χ0) is 18.1. The van der Waals surface area contributed by atoms with Crippen molar-refractivity contribution in [3.63, 3.8) is 0 Å². The van der Waals surface area contributed by atoms with Crippen molar-refractivity contribution in [1.82, 2.24) is 10.2 Å². The number of nitrogens with one attached hydrogen (secondary N) is 1. The fraction of sp³-hybridized carbons (Fsp3) is 0.312. The highest BCUT2D eigenvalue weighted by Gasteiger charge is 2.35. The van der Waals surface area contributed by atoms with Gasteiger partial charge in [0.15, 0.2) is 0 Å². The summed E-state index contributed by atoms with van der Waals surface area (Å²) >= 11 is 0. The Bertz CT molecular complexity index is 855. The molecule has 0 bridgehead atoms. The number of fused-ring (bicyclic) bond motifs is 1. The number of rotatable bonds is 5. The number of carbonyl (C=O) groups is 3. The number of ketones is 2. The average molecular weight is 350 g/mol. The molecule has 0 aliphatic heterocycles. The van der Waals surface area contributed by atoms with Crippen LogP contribution >= 0.6 is 0 Å². The van der Waals surface area contributed by atoms with E-state index in [1.54, 1.807) is 12.1 Å². The van der Waals surface area contributed by atoms with Crippen LogP contribution < -0.4 is 5.32 Å². The van der Waals surface area contributed by atoms with Crippen molar-refractivity contribution < 1.29 is 22.8 Å². The zero-order valence-electron chi connectivity index (χ0n) is 13.6. The van der Waals surface area contributed by atoms with Crippen LogP contribution in [0.3, 0.4) is 0 Å². The van der Waals surface area contributed by atoms with E-state index in [4.69, 9.17) is 0 Å². The summed E-state index contributed by atoms with van der Waals surface area (Å²) in [5.74, 6) is -1.50. The number of allylic oxidation sites excluding steroid dienone is 2. The highest BCUT2D eigenvalue weighted by Crippen LogP contribution is 2.26. The normalized spacial score (nSPS) is 14.5. The molecule has 128 valence electrons. The van der Waals surface area contributed by atoms with Crippen molar-refractivity contribution >= 4 is 27.3 Å². The van der Waals surface area contributed by atoms with E-state index in [1.807, 2.05) is 0 Å². The standard InChI is InChI=1S/C16H18N2O5S/c1-10(19)18(2)14-13(17-8-9-24(3,22)23)15(20)11-6-4-5-7-12(11)16(14)21/h4-7,17H,8-9H2,1-3H3. The van der Waals surface area contributed by atoms with E-state index < -0.39 is 27.3 Å². The fourth-order valence-electron chi connectivity index (χ4n) is 2.37. The Morgan fingerprint density at radius 3 is 2.17 bits per heavy atom. The molecule has 1 aromatic rings. The highest BCUT2D eigenvalue weighted by molar-refractivity contribution is 7.90. The highest BCUT2D eigenvalue weighted by atomic mass is 32.2. The van der Waals surface area contributed by atoms with Crippen molar-refractivity contribution in [3.8, 4) is 0 Å². The SMILES string of the molecule is CC(=O)N(C)C1=C(NCCS(C)(=O)=O)C(=O)c2ccccc2C1=O. The van der Waals surface area contributed by atoms with Crippen LogP contribution in [0.15, 0.2) is 35.7 Å². The maximum Gasteiger partial charge on any atom is 0.223 e. The second-order valence-electron chi connectivity index (χ2n) is 5.56. The quantitative estimate of drug-likeness (QED) is 0.824. The van der Waals surface area contributed by atoms with Crippen LogP contribution in [0.5, 0.6) is 0 Å². The van der Waals surface area contributed by atoms with Crippen molar-refractivity contribution in [1.29, 1.82) is 0 Å². The lowest BCUT2D eigenvalue weighted by atomic mass is 9.89. The van der Waals surface area contributed by atoms with Crippen LogP contribution in [0.2, 0.25) is 0 Å². The third-order valence-corrected chi connectivity index (χ3v) is 4.62. The van der Waals surface area contributed by atoms with Crippen molar-refractivity contribution in [3.05, 3.63) is 46.8 Å². The molecule has 0 radical (unpaired) electrons. The number of benzene rings is 1.